The molecule has 0 aromatic heterocycles. The van der Waals surface area contributed by atoms with Gasteiger partial charge in [0.2, 0.25) is 0 Å². The standard InChI is InChI=1S/C18H13N5O7S2/c19-10-17(21-20-11-5-7-12(8-6-11)31(25,26)27)22-23-18-14-4-2-1-3-13(14)16(9-15(18)24)32(28,29)30/h1-9,20,24H,(H,25,26,27)(H,28,29,30)/b21-17-,23-22?. The number of rotatable bonds is 5. The van der Waals surface area contributed by atoms with Crippen LogP contribution in [-0.4, -0.2) is 36.9 Å². The van der Waals surface area contributed by atoms with Crippen molar-refractivity contribution >= 4 is 48.2 Å². The van der Waals surface area contributed by atoms with Gasteiger partial charge in [-0.3, -0.25) is 14.5 Å². The summed E-state index contributed by atoms with van der Waals surface area (Å²) in [6.07, 6.45) is 0. The lowest BCUT2D eigenvalue weighted by atomic mass is 10.1. The second-order valence-corrected chi connectivity index (χ2v) is 8.93. The number of hydrazone groups is 1. The first-order valence-corrected chi connectivity index (χ1v) is 11.3. The van der Waals surface area contributed by atoms with E-state index in [2.05, 4.69) is 20.8 Å². The Morgan fingerprint density at radius 2 is 1.56 bits per heavy atom. The van der Waals surface area contributed by atoms with E-state index in [9.17, 15) is 31.8 Å². The molecular formula is C18H13N5O7S2. The minimum atomic E-state index is -4.63. The Bertz CT molecular complexity index is 1510. The van der Waals surface area contributed by atoms with Gasteiger partial charge in [-0.15, -0.1) is 15.3 Å². The number of benzene rings is 3. The molecule has 0 heterocycles. The Hall–Kier alpha value is -3.90. The summed E-state index contributed by atoms with van der Waals surface area (Å²) >= 11 is 0. The van der Waals surface area contributed by atoms with E-state index < -0.39 is 36.7 Å². The number of hydrogen-bond acceptors (Lipinski definition) is 9. The van der Waals surface area contributed by atoms with Gasteiger partial charge < -0.3 is 5.11 Å². The normalized spacial score (nSPS) is 12.7. The van der Waals surface area contributed by atoms with Gasteiger partial charge in [-0.2, -0.15) is 22.1 Å². The Labute approximate surface area is 181 Å². The first-order chi connectivity index (χ1) is 15.0. The number of azo groups is 1. The van der Waals surface area contributed by atoms with Gasteiger partial charge in [0.05, 0.1) is 10.6 Å². The van der Waals surface area contributed by atoms with Crippen LogP contribution in [0.25, 0.3) is 10.8 Å². The molecule has 0 atom stereocenters. The Morgan fingerprint density at radius 1 is 0.938 bits per heavy atom. The predicted octanol–water partition coefficient (Wildman–Crippen LogP) is 3.07. The van der Waals surface area contributed by atoms with Crippen molar-refractivity contribution in [3.05, 3.63) is 54.6 Å². The summed E-state index contributed by atoms with van der Waals surface area (Å²) in [7, 11) is -8.98. The first kappa shape index (κ1) is 22.8. The van der Waals surface area contributed by atoms with Crippen LogP contribution in [0.1, 0.15) is 0 Å². The van der Waals surface area contributed by atoms with Gasteiger partial charge in [0, 0.05) is 16.8 Å². The molecule has 12 nitrogen and oxygen atoms in total. The zero-order valence-electron chi connectivity index (χ0n) is 15.8. The number of fused-ring (bicyclic) bond motifs is 1. The lowest BCUT2D eigenvalue weighted by Gasteiger charge is -2.08. The van der Waals surface area contributed by atoms with Crippen molar-refractivity contribution in [1.29, 1.82) is 5.26 Å². The molecule has 32 heavy (non-hydrogen) atoms. The third-order valence-corrected chi connectivity index (χ3v) is 5.79. The van der Waals surface area contributed by atoms with Crippen LogP contribution in [-0.2, 0) is 20.2 Å². The molecule has 0 fully saturated rings. The van der Waals surface area contributed by atoms with Crippen molar-refractivity contribution in [3.8, 4) is 11.8 Å². The Kier molecular flexibility index (Phi) is 6.18. The average Bonchev–Trinajstić information content (AvgIpc) is 2.73. The summed E-state index contributed by atoms with van der Waals surface area (Å²) in [6.45, 7) is 0. The number of nitrogens with one attached hydrogen (secondary N) is 1. The number of nitrogens with zero attached hydrogens (tertiary/aromatic N) is 4. The molecule has 0 radical (unpaired) electrons. The third-order valence-electron chi connectivity index (χ3n) is 4.02. The topological polar surface area (TPSA) is 202 Å². The van der Waals surface area contributed by atoms with Gasteiger partial charge in [0.1, 0.15) is 22.4 Å². The summed E-state index contributed by atoms with van der Waals surface area (Å²) in [4.78, 5) is -0.850. The van der Waals surface area contributed by atoms with Gasteiger partial charge in [-0.25, -0.2) is 0 Å². The number of hydrogen-bond donors (Lipinski definition) is 4. The van der Waals surface area contributed by atoms with Gasteiger partial charge in [0.25, 0.3) is 26.1 Å². The monoisotopic (exact) mass is 475 g/mol. The number of phenolic OH excluding ortho intramolecular Hbond substituents is 1. The lowest BCUT2D eigenvalue weighted by Crippen LogP contribution is -2.00. The highest BCUT2D eigenvalue weighted by Gasteiger charge is 2.19. The Morgan fingerprint density at radius 3 is 2.12 bits per heavy atom. The molecule has 3 aromatic rings. The molecule has 0 amide bonds. The van der Waals surface area contributed by atoms with E-state index >= 15 is 0 Å². The van der Waals surface area contributed by atoms with Crippen molar-refractivity contribution in [2.45, 2.75) is 9.79 Å². The molecule has 0 aliphatic rings. The summed E-state index contributed by atoms with van der Waals surface area (Å²) in [6, 6.07) is 13.2. The van der Waals surface area contributed by atoms with Crippen molar-refractivity contribution in [2.24, 2.45) is 15.3 Å². The number of anilines is 1. The highest BCUT2D eigenvalue weighted by Crippen LogP contribution is 2.39. The van der Waals surface area contributed by atoms with Crippen LogP contribution in [0.2, 0.25) is 0 Å². The fourth-order valence-electron chi connectivity index (χ4n) is 2.62. The minimum absolute atomic E-state index is 0.0780. The second kappa shape index (κ2) is 8.69. The first-order valence-electron chi connectivity index (χ1n) is 8.46. The maximum Gasteiger partial charge on any atom is 0.295 e. The van der Waals surface area contributed by atoms with Crippen molar-refractivity contribution < 1.29 is 31.0 Å². The SMILES string of the molecule is N#C/C(N=Nc1c(O)cc(S(=O)(=O)O)c2ccccc12)=N/Nc1ccc(S(=O)(=O)O)cc1. The largest absolute Gasteiger partial charge is 0.506 e. The van der Waals surface area contributed by atoms with Gasteiger partial charge in [-0.05, 0) is 24.3 Å². The average molecular weight is 475 g/mol. The fraction of sp³-hybridized carbons (Fsp3) is 0. The van der Waals surface area contributed by atoms with Gasteiger partial charge in [0.15, 0.2) is 0 Å². The van der Waals surface area contributed by atoms with Crippen LogP contribution in [0, 0.1) is 11.3 Å². The van der Waals surface area contributed by atoms with Gasteiger partial charge in [-0.1, -0.05) is 24.3 Å². The fourth-order valence-corrected chi connectivity index (χ4v) is 3.81. The molecule has 0 spiro atoms. The number of amidine groups is 1. The van der Waals surface area contributed by atoms with E-state index in [0.717, 1.165) is 18.2 Å². The van der Waals surface area contributed by atoms with Gasteiger partial charge >= 0.3 is 0 Å². The third kappa shape index (κ3) is 5.04. The summed E-state index contributed by atoms with van der Waals surface area (Å²) < 4.78 is 63.6. The zero-order chi connectivity index (χ0) is 23.5. The van der Waals surface area contributed by atoms with E-state index in [0.29, 0.717) is 0 Å². The van der Waals surface area contributed by atoms with E-state index in [1.807, 2.05) is 0 Å². The molecule has 0 saturated heterocycles. The molecule has 3 aromatic carbocycles. The second-order valence-electron chi connectivity index (χ2n) is 6.12. The van der Waals surface area contributed by atoms with E-state index in [1.54, 1.807) is 12.1 Å². The van der Waals surface area contributed by atoms with Crippen molar-refractivity contribution in [3.63, 3.8) is 0 Å². The van der Waals surface area contributed by atoms with Crippen molar-refractivity contribution in [2.75, 3.05) is 5.43 Å². The minimum Gasteiger partial charge on any atom is -0.506 e. The lowest BCUT2D eigenvalue weighted by molar-refractivity contribution is 0.468. The maximum absolute atomic E-state index is 11.6. The molecule has 0 bridgehead atoms. The van der Waals surface area contributed by atoms with Crippen LogP contribution in [0.3, 0.4) is 0 Å². The predicted molar refractivity (Wildman–Crippen MR) is 113 cm³/mol. The summed E-state index contributed by atoms with van der Waals surface area (Å²) in [5.41, 5.74) is 2.56. The molecular weight excluding hydrogens is 462 g/mol. The van der Waals surface area contributed by atoms with E-state index in [-0.39, 0.29) is 27.0 Å². The summed E-state index contributed by atoms with van der Waals surface area (Å²) in [5, 5.41) is 30.7. The quantitative estimate of drug-likeness (QED) is 0.141. The summed E-state index contributed by atoms with van der Waals surface area (Å²) in [5.74, 6) is -1.09. The highest BCUT2D eigenvalue weighted by atomic mass is 32.2. The van der Waals surface area contributed by atoms with Crippen LogP contribution < -0.4 is 5.43 Å². The maximum atomic E-state index is 11.6. The Balaban J connectivity index is 1.94. The molecule has 0 unspecified atom stereocenters. The molecule has 0 aliphatic carbocycles. The zero-order valence-corrected chi connectivity index (χ0v) is 17.4. The van der Waals surface area contributed by atoms with E-state index in [4.69, 9.17) is 4.55 Å². The van der Waals surface area contributed by atoms with E-state index in [1.165, 1.54) is 30.3 Å². The highest BCUT2D eigenvalue weighted by molar-refractivity contribution is 7.86. The van der Waals surface area contributed by atoms with Crippen LogP contribution >= 0.6 is 0 Å². The van der Waals surface area contributed by atoms with Crippen LogP contribution in [0.15, 0.2) is 79.7 Å². The van der Waals surface area contributed by atoms with Crippen molar-refractivity contribution in [1.82, 2.24) is 0 Å². The molecule has 164 valence electrons. The van der Waals surface area contributed by atoms with Crippen LogP contribution in [0.4, 0.5) is 11.4 Å². The number of aromatic hydroxyl groups is 1. The smallest absolute Gasteiger partial charge is 0.295 e. The molecule has 0 saturated carbocycles. The van der Waals surface area contributed by atoms with Crippen LogP contribution in [0.5, 0.6) is 5.75 Å². The molecule has 3 rings (SSSR count). The molecule has 0 aliphatic heterocycles. The number of phenols is 1. The number of nitriles is 1. The molecule has 4 N–H and O–H groups in total. The molecule has 14 heteroatoms.